The second kappa shape index (κ2) is 5.31. The molecule has 0 heterocycles. The first-order valence-electron chi connectivity index (χ1n) is 3.88. The highest BCUT2D eigenvalue weighted by molar-refractivity contribution is 9.09. The van der Waals surface area contributed by atoms with E-state index in [1.54, 1.807) is 0 Å². The summed E-state index contributed by atoms with van der Waals surface area (Å²) in [4.78, 5) is 22.3. The lowest BCUT2D eigenvalue weighted by Gasteiger charge is -2.27. The maximum Gasteiger partial charge on any atom is 0.339 e. The van der Waals surface area contributed by atoms with Crippen molar-refractivity contribution in [3.8, 4) is 0 Å². The fraction of sp³-hybridized carbons (Fsp3) is 0.750. The molecule has 1 N–H and O–H groups in total. The Morgan fingerprint density at radius 1 is 1.43 bits per heavy atom. The molecule has 0 aliphatic rings. The highest BCUT2D eigenvalue weighted by atomic mass is 79.9. The first kappa shape index (κ1) is 13.4. The zero-order chi connectivity index (χ0) is 11.4. The van der Waals surface area contributed by atoms with Crippen LogP contribution in [0.5, 0.6) is 0 Å². The molecule has 2 unspecified atom stereocenters. The van der Waals surface area contributed by atoms with Crippen LogP contribution < -0.4 is 0 Å². The summed E-state index contributed by atoms with van der Waals surface area (Å²) in [5.74, 6) is -2.52. The summed E-state index contributed by atoms with van der Waals surface area (Å²) in [6, 6.07) is 0. The van der Waals surface area contributed by atoms with Crippen molar-refractivity contribution in [3.05, 3.63) is 0 Å². The molecule has 0 aromatic heterocycles. The number of hydrogen-bond donors (Lipinski definition) is 1. The Balaban J connectivity index is 4.84. The van der Waals surface area contributed by atoms with Crippen LogP contribution in [0.2, 0.25) is 0 Å². The molecule has 0 aromatic rings. The van der Waals surface area contributed by atoms with E-state index in [2.05, 4.69) is 25.4 Å². The maximum atomic E-state index is 11.2. The molecule has 14 heavy (non-hydrogen) atoms. The molecule has 0 bridgehead atoms. The Morgan fingerprint density at radius 2 is 1.93 bits per heavy atom. The Kier molecular flexibility index (Phi) is 5.07. The van der Waals surface area contributed by atoms with E-state index in [-0.39, 0.29) is 5.33 Å². The molecule has 0 fully saturated rings. The Hall–Kier alpha value is -0.620. The molecule has 0 rings (SSSR count). The average molecular weight is 269 g/mol. The van der Waals surface area contributed by atoms with Gasteiger partial charge in [0, 0.05) is 5.33 Å². The number of aliphatic hydroxyl groups is 1. The summed E-state index contributed by atoms with van der Waals surface area (Å²) in [6.45, 7) is 1.39. The number of esters is 2. The van der Waals surface area contributed by atoms with E-state index in [4.69, 9.17) is 0 Å². The SMILES string of the molecule is COC(=O)C(C)C(O)(CBr)C(=O)OC. The van der Waals surface area contributed by atoms with Crippen LogP contribution in [-0.4, -0.2) is 42.2 Å². The molecular formula is C8H13BrO5. The quantitative estimate of drug-likeness (QED) is 0.578. The van der Waals surface area contributed by atoms with Gasteiger partial charge in [0.05, 0.1) is 20.1 Å². The van der Waals surface area contributed by atoms with Gasteiger partial charge in [-0.3, -0.25) is 4.79 Å². The Labute approximate surface area is 90.5 Å². The average Bonchev–Trinajstić information content (AvgIpc) is 2.24. The van der Waals surface area contributed by atoms with Crippen LogP contribution in [0.25, 0.3) is 0 Å². The molecule has 6 heteroatoms. The summed E-state index contributed by atoms with van der Waals surface area (Å²) in [5, 5.41) is 9.74. The van der Waals surface area contributed by atoms with Crippen molar-refractivity contribution < 1.29 is 24.2 Å². The van der Waals surface area contributed by atoms with Crippen LogP contribution in [0.15, 0.2) is 0 Å². The van der Waals surface area contributed by atoms with Gasteiger partial charge in [-0.1, -0.05) is 15.9 Å². The van der Waals surface area contributed by atoms with Gasteiger partial charge in [0.1, 0.15) is 0 Å². The van der Waals surface area contributed by atoms with Gasteiger partial charge in [0.25, 0.3) is 0 Å². The minimum absolute atomic E-state index is 0.0943. The van der Waals surface area contributed by atoms with Gasteiger partial charge >= 0.3 is 11.9 Å². The number of carbonyl (C=O) groups excluding carboxylic acids is 2. The highest BCUT2D eigenvalue weighted by Gasteiger charge is 2.46. The van der Waals surface area contributed by atoms with Gasteiger partial charge in [-0.2, -0.15) is 0 Å². The van der Waals surface area contributed by atoms with E-state index in [1.165, 1.54) is 14.0 Å². The van der Waals surface area contributed by atoms with E-state index < -0.39 is 23.5 Å². The van der Waals surface area contributed by atoms with Crippen LogP contribution in [0.3, 0.4) is 0 Å². The van der Waals surface area contributed by atoms with Crippen molar-refractivity contribution in [2.45, 2.75) is 12.5 Å². The van der Waals surface area contributed by atoms with Crippen molar-refractivity contribution >= 4 is 27.9 Å². The van der Waals surface area contributed by atoms with Crippen LogP contribution >= 0.6 is 15.9 Å². The molecule has 0 spiro atoms. The predicted octanol–water partition coefficient (Wildman–Crippen LogP) is 0.0945. The lowest BCUT2D eigenvalue weighted by Crippen LogP contribution is -2.50. The zero-order valence-corrected chi connectivity index (χ0v) is 9.83. The van der Waals surface area contributed by atoms with Gasteiger partial charge in [-0.25, -0.2) is 4.79 Å². The van der Waals surface area contributed by atoms with Gasteiger partial charge in [0.15, 0.2) is 5.60 Å². The van der Waals surface area contributed by atoms with Crippen molar-refractivity contribution in [2.75, 3.05) is 19.5 Å². The standard InChI is InChI=1S/C8H13BrO5/c1-5(6(10)13-2)8(12,4-9)7(11)14-3/h5,12H,4H2,1-3H3. The molecule has 0 aromatic carbocycles. The smallest absolute Gasteiger partial charge is 0.339 e. The molecule has 5 nitrogen and oxygen atoms in total. The number of halogens is 1. The maximum absolute atomic E-state index is 11.2. The third-order valence-corrected chi connectivity index (χ3v) is 2.87. The first-order chi connectivity index (χ1) is 6.43. The highest BCUT2D eigenvalue weighted by Crippen LogP contribution is 2.22. The lowest BCUT2D eigenvalue weighted by atomic mass is 9.91. The van der Waals surface area contributed by atoms with E-state index in [1.807, 2.05) is 0 Å². The van der Waals surface area contributed by atoms with E-state index >= 15 is 0 Å². The first-order valence-corrected chi connectivity index (χ1v) is 5.00. The zero-order valence-electron chi connectivity index (χ0n) is 8.24. The Bertz CT molecular complexity index is 230. The molecule has 0 saturated carbocycles. The number of ether oxygens (including phenoxy) is 2. The molecule has 0 saturated heterocycles. The topological polar surface area (TPSA) is 72.8 Å². The van der Waals surface area contributed by atoms with Gasteiger partial charge in [-0.15, -0.1) is 0 Å². The monoisotopic (exact) mass is 268 g/mol. The van der Waals surface area contributed by atoms with E-state index in [0.29, 0.717) is 0 Å². The summed E-state index contributed by atoms with van der Waals surface area (Å²) in [6.07, 6.45) is 0. The van der Waals surface area contributed by atoms with Crippen molar-refractivity contribution in [1.82, 2.24) is 0 Å². The van der Waals surface area contributed by atoms with Crippen LogP contribution in [-0.2, 0) is 19.1 Å². The number of carbonyl (C=O) groups is 2. The fourth-order valence-electron chi connectivity index (χ4n) is 0.896. The van der Waals surface area contributed by atoms with Crippen molar-refractivity contribution in [2.24, 2.45) is 5.92 Å². The molecular weight excluding hydrogens is 256 g/mol. The van der Waals surface area contributed by atoms with Crippen LogP contribution in [0, 0.1) is 5.92 Å². The van der Waals surface area contributed by atoms with Gasteiger partial charge < -0.3 is 14.6 Å². The van der Waals surface area contributed by atoms with E-state index in [9.17, 15) is 14.7 Å². The molecule has 0 aliphatic carbocycles. The lowest BCUT2D eigenvalue weighted by molar-refractivity contribution is -0.173. The third kappa shape index (κ3) is 2.45. The van der Waals surface area contributed by atoms with Gasteiger partial charge in [-0.05, 0) is 6.92 Å². The van der Waals surface area contributed by atoms with Crippen molar-refractivity contribution in [1.29, 1.82) is 0 Å². The van der Waals surface area contributed by atoms with Crippen LogP contribution in [0.1, 0.15) is 6.92 Å². The molecule has 0 radical (unpaired) electrons. The number of alkyl halides is 1. The number of rotatable bonds is 4. The summed E-state index contributed by atoms with van der Waals surface area (Å²) >= 11 is 2.95. The summed E-state index contributed by atoms with van der Waals surface area (Å²) in [5.41, 5.74) is -1.89. The molecule has 82 valence electrons. The predicted molar refractivity (Wildman–Crippen MR) is 51.9 cm³/mol. The largest absolute Gasteiger partial charge is 0.469 e. The minimum Gasteiger partial charge on any atom is -0.469 e. The molecule has 0 amide bonds. The number of hydrogen-bond acceptors (Lipinski definition) is 5. The third-order valence-electron chi connectivity index (χ3n) is 2.01. The van der Waals surface area contributed by atoms with E-state index in [0.717, 1.165) is 7.11 Å². The van der Waals surface area contributed by atoms with Crippen molar-refractivity contribution in [3.63, 3.8) is 0 Å². The summed E-state index contributed by atoms with van der Waals surface area (Å²) in [7, 11) is 2.32. The number of methoxy groups -OCH3 is 2. The molecule has 0 aliphatic heterocycles. The Morgan fingerprint density at radius 3 is 2.21 bits per heavy atom. The van der Waals surface area contributed by atoms with Gasteiger partial charge in [0.2, 0.25) is 0 Å². The minimum atomic E-state index is -1.89. The summed E-state index contributed by atoms with van der Waals surface area (Å²) < 4.78 is 8.82. The fourth-order valence-corrected chi connectivity index (χ4v) is 1.61. The second-order valence-electron chi connectivity index (χ2n) is 2.79. The second-order valence-corrected chi connectivity index (χ2v) is 3.36. The molecule has 2 atom stereocenters. The van der Waals surface area contributed by atoms with Crippen LogP contribution in [0.4, 0.5) is 0 Å². The normalized spacial score (nSPS) is 16.6.